The van der Waals surface area contributed by atoms with E-state index in [1.165, 1.54) is 0 Å². The maximum absolute atomic E-state index is 12.3. The molecule has 3 aromatic rings. The second-order valence-corrected chi connectivity index (χ2v) is 6.00. The standard InChI is InChI=1S/C21H22N4O3/c1-3-11-28-19-6-4-5-16(12-19)21(26)25-23-14-17-13-22-24-20(17)15-7-9-18(27-2)10-8-15/h4-10,12-14H,3,11H2,1-2H3,(H,22,24)(H,25,26). The average Bonchev–Trinajstić information content (AvgIpc) is 3.21. The van der Waals surface area contributed by atoms with Crippen molar-refractivity contribution in [1.82, 2.24) is 15.6 Å². The maximum Gasteiger partial charge on any atom is 0.271 e. The lowest BCUT2D eigenvalue weighted by molar-refractivity contribution is 0.0954. The molecule has 0 saturated heterocycles. The van der Waals surface area contributed by atoms with Gasteiger partial charge in [0.1, 0.15) is 11.5 Å². The van der Waals surface area contributed by atoms with Gasteiger partial charge in [-0.05, 0) is 48.9 Å². The van der Waals surface area contributed by atoms with Crippen LogP contribution in [0.5, 0.6) is 11.5 Å². The van der Waals surface area contributed by atoms with Crippen LogP contribution in [0.1, 0.15) is 29.3 Å². The summed E-state index contributed by atoms with van der Waals surface area (Å²) >= 11 is 0. The summed E-state index contributed by atoms with van der Waals surface area (Å²) < 4.78 is 10.7. The third kappa shape index (κ3) is 4.76. The molecule has 0 fully saturated rings. The maximum atomic E-state index is 12.3. The van der Waals surface area contributed by atoms with Gasteiger partial charge in [0.05, 0.1) is 31.8 Å². The molecule has 0 saturated carbocycles. The Hall–Kier alpha value is -3.61. The molecule has 0 bridgehead atoms. The van der Waals surface area contributed by atoms with E-state index in [0.717, 1.165) is 29.0 Å². The number of H-pyrrole nitrogens is 1. The summed E-state index contributed by atoms with van der Waals surface area (Å²) in [5.74, 6) is 1.12. The van der Waals surface area contributed by atoms with Crippen LogP contribution in [0.25, 0.3) is 11.3 Å². The van der Waals surface area contributed by atoms with Gasteiger partial charge >= 0.3 is 0 Å². The normalized spacial score (nSPS) is 10.8. The number of aromatic amines is 1. The minimum absolute atomic E-state index is 0.312. The molecule has 0 aliphatic carbocycles. The van der Waals surface area contributed by atoms with Crippen LogP contribution in [-0.4, -0.2) is 36.0 Å². The molecule has 1 amide bonds. The number of benzene rings is 2. The van der Waals surface area contributed by atoms with E-state index in [9.17, 15) is 4.79 Å². The van der Waals surface area contributed by atoms with E-state index in [-0.39, 0.29) is 5.91 Å². The van der Waals surface area contributed by atoms with Gasteiger partial charge < -0.3 is 9.47 Å². The molecular formula is C21H22N4O3. The summed E-state index contributed by atoms with van der Waals surface area (Å²) in [4.78, 5) is 12.3. The molecule has 3 rings (SSSR count). The van der Waals surface area contributed by atoms with Gasteiger partial charge in [-0.15, -0.1) is 0 Å². The summed E-state index contributed by atoms with van der Waals surface area (Å²) in [5, 5.41) is 11.1. The molecule has 7 heteroatoms. The third-order valence-corrected chi connectivity index (χ3v) is 3.99. The first-order chi connectivity index (χ1) is 13.7. The number of ether oxygens (including phenoxy) is 2. The lowest BCUT2D eigenvalue weighted by Gasteiger charge is -2.06. The van der Waals surface area contributed by atoms with Crippen LogP contribution >= 0.6 is 0 Å². The van der Waals surface area contributed by atoms with E-state index in [0.29, 0.717) is 17.9 Å². The molecule has 0 radical (unpaired) electrons. The van der Waals surface area contributed by atoms with Crippen LogP contribution in [0.3, 0.4) is 0 Å². The van der Waals surface area contributed by atoms with Crippen molar-refractivity contribution in [2.24, 2.45) is 5.10 Å². The van der Waals surface area contributed by atoms with Gasteiger partial charge in [0.25, 0.3) is 5.91 Å². The molecule has 0 spiro atoms. The Morgan fingerprint density at radius 3 is 2.79 bits per heavy atom. The zero-order chi connectivity index (χ0) is 19.8. The lowest BCUT2D eigenvalue weighted by Crippen LogP contribution is -2.17. The predicted octanol–water partition coefficient (Wildman–Crippen LogP) is 3.64. The zero-order valence-corrected chi connectivity index (χ0v) is 15.8. The van der Waals surface area contributed by atoms with Crippen molar-refractivity contribution in [2.45, 2.75) is 13.3 Å². The topological polar surface area (TPSA) is 88.6 Å². The number of methoxy groups -OCH3 is 1. The van der Waals surface area contributed by atoms with Crippen LogP contribution in [-0.2, 0) is 0 Å². The van der Waals surface area contributed by atoms with E-state index in [1.54, 1.807) is 37.7 Å². The number of aromatic nitrogens is 2. The first kappa shape index (κ1) is 19.2. The second kappa shape index (κ2) is 9.36. The van der Waals surface area contributed by atoms with Gasteiger partial charge in [-0.25, -0.2) is 5.43 Å². The number of nitrogens with zero attached hydrogens (tertiary/aromatic N) is 2. The molecule has 0 unspecified atom stereocenters. The summed E-state index contributed by atoms with van der Waals surface area (Å²) in [6, 6.07) is 14.6. The zero-order valence-electron chi connectivity index (χ0n) is 15.8. The summed E-state index contributed by atoms with van der Waals surface area (Å²) in [6.45, 7) is 2.64. The Morgan fingerprint density at radius 2 is 2.04 bits per heavy atom. The van der Waals surface area contributed by atoms with E-state index < -0.39 is 0 Å². The number of hydrazone groups is 1. The highest BCUT2D eigenvalue weighted by Crippen LogP contribution is 2.22. The minimum Gasteiger partial charge on any atom is -0.497 e. The number of hydrogen-bond acceptors (Lipinski definition) is 5. The van der Waals surface area contributed by atoms with E-state index in [2.05, 4.69) is 20.7 Å². The Balaban J connectivity index is 1.67. The van der Waals surface area contributed by atoms with Gasteiger partial charge in [0.2, 0.25) is 0 Å². The molecule has 28 heavy (non-hydrogen) atoms. The van der Waals surface area contributed by atoms with Crippen LogP contribution < -0.4 is 14.9 Å². The van der Waals surface area contributed by atoms with Crippen molar-refractivity contribution in [3.8, 4) is 22.8 Å². The van der Waals surface area contributed by atoms with Gasteiger partial charge in [-0.3, -0.25) is 9.89 Å². The molecule has 7 nitrogen and oxygen atoms in total. The molecule has 0 aliphatic rings. The second-order valence-electron chi connectivity index (χ2n) is 6.00. The largest absolute Gasteiger partial charge is 0.497 e. The van der Waals surface area contributed by atoms with E-state index in [1.807, 2.05) is 37.3 Å². The molecule has 2 aromatic carbocycles. The minimum atomic E-state index is -0.312. The highest BCUT2D eigenvalue weighted by Gasteiger charge is 2.08. The van der Waals surface area contributed by atoms with Crippen molar-refractivity contribution in [1.29, 1.82) is 0 Å². The smallest absolute Gasteiger partial charge is 0.271 e. The fourth-order valence-electron chi connectivity index (χ4n) is 2.55. The SMILES string of the molecule is CCCOc1cccc(C(=O)NN=Cc2cn[nH]c2-c2ccc(OC)cc2)c1. The fraction of sp³-hybridized carbons (Fsp3) is 0.190. The van der Waals surface area contributed by atoms with E-state index >= 15 is 0 Å². The third-order valence-electron chi connectivity index (χ3n) is 3.99. The van der Waals surface area contributed by atoms with Gasteiger partial charge in [0, 0.05) is 16.7 Å². The van der Waals surface area contributed by atoms with Crippen LogP contribution in [0.15, 0.2) is 59.8 Å². The first-order valence-corrected chi connectivity index (χ1v) is 8.95. The summed E-state index contributed by atoms with van der Waals surface area (Å²) in [6.07, 6.45) is 4.11. The van der Waals surface area contributed by atoms with Gasteiger partial charge in [-0.2, -0.15) is 10.2 Å². The number of rotatable bonds is 8. The van der Waals surface area contributed by atoms with Crippen molar-refractivity contribution >= 4 is 12.1 Å². The number of amides is 1. The predicted molar refractivity (Wildman–Crippen MR) is 108 cm³/mol. The fourth-order valence-corrected chi connectivity index (χ4v) is 2.55. The number of hydrogen-bond donors (Lipinski definition) is 2. The highest BCUT2D eigenvalue weighted by molar-refractivity contribution is 5.96. The molecule has 2 N–H and O–H groups in total. The van der Waals surface area contributed by atoms with Crippen molar-refractivity contribution in [3.05, 3.63) is 65.9 Å². The van der Waals surface area contributed by atoms with Crippen molar-refractivity contribution in [2.75, 3.05) is 13.7 Å². The number of carbonyl (C=O) groups is 1. The van der Waals surface area contributed by atoms with Crippen molar-refractivity contribution < 1.29 is 14.3 Å². The Bertz CT molecular complexity index is 948. The molecule has 1 aromatic heterocycles. The molecule has 144 valence electrons. The first-order valence-electron chi connectivity index (χ1n) is 8.95. The Labute approximate surface area is 163 Å². The van der Waals surface area contributed by atoms with Crippen LogP contribution in [0.4, 0.5) is 0 Å². The van der Waals surface area contributed by atoms with Crippen LogP contribution in [0.2, 0.25) is 0 Å². The Kier molecular flexibility index (Phi) is 6.41. The quantitative estimate of drug-likeness (QED) is 0.463. The van der Waals surface area contributed by atoms with E-state index in [4.69, 9.17) is 9.47 Å². The molecule has 0 aliphatic heterocycles. The molecule has 1 heterocycles. The van der Waals surface area contributed by atoms with Crippen LogP contribution in [0, 0.1) is 0 Å². The van der Waals surface area contributed by atoms with Gasteiger partial charge in [-0.1, -0.05) is 13.0 Å². The number of nitrogens with one attached hydrogen (secondary N) is 2. The lowest BCUT2D eigenvalue weighted by atomic mass is 10.1. The summed E-state index contributed by atoms with van der Waals surface area (Å²) in [7, 11) is 1.62. The van der Waals surface area contributed by atoms with Crippen molar-refractivity contribution in [3.63, 3.8) is 0 Å². The molecular weight excluding hydrogens is 356 g/mol. The monoisotopic (exact) mass is 378 g/mol. The van der Waals surface area contributed by atoms with Gasteiger partial charge in [0.15, 0.2) is 0 Å². The highest BCUT2D eigenvalue weighted by atomic mass is 16.5. The number of carbonyl (C=O) groups excluding carboxylic acids is 1. The Morgan fingerprint density at radius 1 is 1.21 bits per heavy atom. The average molecular weight is 378 g/mol. The molecule has 0 atom stereocenters. The summed E-state index contributed by atoms with van der Waals surface area (Å²) in [5.41, 5.74) is 5.50.